The third-order valence-electron chi connectivity index (χ3n) is 4.61. The highest BCUT2D eigenvalue weighted by Gasteiger charge is 2.39. The van der Waals surface area contributed by atoms with E-state index in [1.165, 1.54) is 37.9 Å². The van der Waals surface area contributed by atoms with Gasteiger partial charge in [0.25, 0.3) is 0 Å². The van der Waals surface area contributed by atoms with Crippen LogP contribution in [0, 0.1) is 17.7 Å². The van der Waals surface area contributed by atoms with E-state index in [2.05, 4.69) is 17.3 Å². The van der Waals surface area contributed by atoms with Crippen molar-refractivity contribution < 1.29 is 4.39 Å². The van der Waals surface area contributed by atoms with Crippen LogP contribution in [0.3, 0.4) is 0 Å². The number of benzene rings is 1. The molecule has 1 saturated heterocycles. The zero-order valence-electron chi connectivity index (χ0n) is 10.9. The summed E-state index contributed by atoms with van der Waals surface area (Å²) in [5.74, 6) is 1.59. The molecule has 1 heterocycles. The highest BCUT2D eigenvalue weighted by Crippen LogP contribution is 2.38. The summed E-state index contributed by atoms with van der Waals surface area (Å²) in [5, 5.41) is 3.65. The van der Waals surface area contributed by atoms with Crippen LogP contribution in [-0.4, -0.2) is 26.2 Å². The maximum atomic E-state index is 12.9. The number of fused-ring (bicyclic) bond motifs is 1. The molecule has 0 amide bonds. The molecule has 1 aliphatic heterocycles. The van der Waals surface area contributed by atoms with Crippen molar-refractivity contribution in [1.82, 2.24) is 5.32 Å². The molecule has 1 aromatic carbocycles. The minimum Gasteiger partial charge on any atom is -0.373 e. The van der Waals surface area contributed by atoms with E-state index in [1.807, 2.05) is 12.1 Å². The van der Waals surface area contributed by atoms with Crippen LogP contribution < -0.4 is 10.2 Å². The van der Waals surface area contributed by atoms with Crippen molar-refractivity contribution in [2.75, 3.05) is 25.0 Å². The number of hydrogen-bond donors (Lipinski definition) is 1. The summed E-state index contributed by atoms with van der Waals surface area (Å²) in [4.78, 5) is 2.23. The van der Waals surface area contributed by atoms with Crippen LogP contribution in [-0.2, 0) is 0 Å². The molecule has 0 spiro atoms. The number of nitrogens with one attached hydrogen (secondary N) is 1. The summed E-state index contributed by atoms with van der Waals surface area (Å²) < 4.78 is 12.9. The van der Waals surface area contributed by atoms with Crippen LogP contribution in [0.15, 0.2) is 24.3 Å². The van der Waals surface area contributed by atoms with E-state index in [1.54, 1.807) is 0 Å². The number of anilines is 1. The summed E-state index contributed by atoms with van der Waals surface area (Å²) in [5.41, 5.74) is 1.10. The Hall–Kier alpha value is -1.09. The van der Waals surface area contributed by atoms with E-state index in [4.69, 9.17) is 0 Å². The number of halogens is 1. The molecule has 2 nitrogen and oxygen atoms in total. The normalized spacial score (nSPS) is 30.4. The first-order valence-electron chi connectivity index (χ1n) is 6.94. The van der Waals surface area contributed by atoms with Crippen molar-refractivity contribution in [2.45, 2.75) is 25.3 Å². The lowest BCUT2D eigenvalue weighted by molar-refractivity contribution is 0.413. The Bertz CT molecular complexity index is 403. The Labute approximate surface area is 108 Å². The summed E-state index contributed by atoms with van der Waals surface area (Å²) in [7, 11) is 2.09. The summed E-state index contributed by atoms with van der Waals surface area (Å²) in [6, 6.07) is 7.39. The van der Waals surface area contributed by atoms with Crippen LogP contribution in [0.5, 0.6) is 0 Å². The van der Waals surface area contributed by atoms with Gasteiger partial charge < -0.3 is 10.2 Å². The van der Waals surface area contributed by atoms with Gasteiger partial charge in [-0.3, -0.25) is 0 Å². The maximum Gasteiger partial charge on any atom is 0.123 e. The fourth-order valence-electron chi connectivity index (χ4n) is 3.60. The van der Waals surface area contributed by atoms with Gasteiger partial charge in [0.05, 0.1) is 0 Å². The minimum absolute atomic E-state index is 0.165. The minimum atomic E-state index is -0.165. The van der Waals surface area contributed by atoms with E-state index in [9.17, 15) is 4.39 Å². The molecule has 2 aliphatic rings. The average Bonchev–Trinajstić information content (AvgIpc) is 2.95. The Kier molecular flexibility index (Phi) is 3.25. The second-order valence-electron chi connectivity index (χ2n) is 5.73. The van der Waals surface area contributed by atoms with E-state index in [-0.39, 0.29) is 5.82 Å². The van der Waals surface area contributed by atoms with Gasteiger partial charge in [-0.1, -0.05) is 6.42 Å². The van der Waals surface area contributed by atoms with Crippen LogP contribution in [0.4, 0.5) is 10.1 Å². The number of rotatable bonds is 3. The maximum absolute atomic E-state index is 12.9. The fourth-order valence-corrected chi connectivity index (χ4v) is 3.60. The van der Waals surface area contributed by atoms with Gasteiger partial charge in [0.15, 0.2) is 0 Å². The number of likely N-dealkylation sites (N-methyl/N-ethyl adjacent to an activating group) is 1. The van der Waals surface area contributed by atoms with Crippen LogP contribution in [0.25, 0.3) is 0 Å². The van der Waals surface area contributed by atoms with Crippen LogP contribution >= 0.6 is 0 Å². The van der Waals surface area contributed by atoms with Gasteiger partial charge in [-0.05, 0) is 55.5 Å². The van der Waals surface area contributed by atoms with E-state index in [0.717, 1.165) is 24.1 Å². The Balaban J connectivity index is 1.64. The van der Waals surface area contributed by atoms with Gasteiger partial charge in [-0.15, -0.1) is 0 Å². The van der Waals surface area contributed by atoms with Gasteiger partial charge in [0.1, 0.15) is 5.82 Å². The Morgan fingerprint density at radius 3 is 2.83 bits per heavy atom. The van der Waals surface area contributed by atoms with Crippen molar-refractivity contribution in [3.8, 4) is 0 Å². The fraction of sp³-hybridized carbons (Fsp3) is 0.600. The highest BCUT2D eigenvalue weighted by molar-refractivity contribution is 5.45. The van der Waals surface area contributed by atoms with Crippen molar-refractivity contribution in [3.05, 3.63) is 30.1 Å². The van der Waals surface area contributed by atoms with Gasteiger partial charge in [-0.25, -0.2) is 4.39 Å². The Morgan fingerprint density at radius 2 is 2.06 bits per heavy atom. The van der Waals surface area contributed by atoms with Gasteiger partial charge in [-0.2, -0.15) is 0 Å². The molecule has 1 N–H and O–H groups in total. The molecule has 1 aromatic rings. The lowest BCUT2D eigenvalue weighted by Gasteiger charge is -2.26. The van der Waals surface area contributed by atoms with Crippen LogP contribution in [0.2, 0.25) is 0 Å². The summed E-state index contributed by atoms with van der Waals surface area (Å²) in [6.45, 7) is 2.21. The van der Waals surface area contributed by atoms with Gasteiger partial charge in [0, 0.05) is 25.3 Å². The highest BCUT2D eigenvalue weighted by atomic mass is 19.1. The zero-order chi connectivity index (χ0) is 12.5. The monoisotopic (exact) mass is 248 g/mol. The first-order chi connectivity index (χ1) is 8.74. The van der Waals surface area contributed by atoms with E-state index in [0.29, 0.717) is 6.04 Å². The molecular formula is C15H21FN2. The second-order valence-corrected chi connectivity index (χ2v) is 5.73. The molecule has 3 unspecified atom stereocenters. The van der Waals surface area contributed by atoms with Gasteiger partial charge in [0.2, 0.25) is 0 Å². The third kappa shape index (κ3) is 2.24. The molecule has 0 bridgehead atoms. The molecule has 0 radical (unpaired) electrons. The predicted molar refractivity (Wildman–Crippen MR) is 72.3 cm³/mol. The molecule has 0 aromatic heterocycles. The van der Waals surface area contributed by atoms with Crippen molar-refractivity contribution in [3.63, 3.8) is 0 Å². The largest absolute Gasteiger partial charge is 0.373 e. The van der Waals surface area contributed by atoms with E-state index >= 15 is 0 Å². The molecule has 18 heavy (non-hydrogen) atoms. The second kappa shape index (κ2) is 4.88. The van der Waals surface area contributed by atoms with Gasteiger partial charge >= 0.3 is 0 Å². The molecule has 3 atom stereocenters. The molecule has 3 heteroatoms. The van der Waals surface area contributed by atoms with Crippen LogP contribution in [0.1, 0.15) is 19.3 Å². The standard InChI is InChI=1S/C15H21FN2/c1-18(13-7-5-12(16)6-8-13)10-15-14-4-2-3-11(14)9-17-15/h5-8,11,14-15,17H,2-4,9-10H2,1H3. The quantitative estimate of drug-likeness (QED) is 0.884. The van der Waals surface area contributed by atoms with E-state index < -0.39 is 0 Å². The molecular weight excluding hydrogens is 227 g/mol. The lowest BCUT2D eigenvalue weighted by Crippen LogP contribution is -2.38. The topological polar surface area (TPSA) is 15.3 Å². The summed E-state index contributed by atoms with van der Waals surface area (Å²) in [6.07, 6.45) is 4.17. The van der Waals surface area contributed by atoms with Crippen molar-refractivity contribution in [2.24, 2.45) is 11.8 Å². The smallest absolute Gasteiger partial charge is 0.123 e. The lowest BCUT2D eigenvalue weighted by atomic mass is 9.94. The first-order valence-corrected chi connectivity index (χ1v) is 6.94. The molecule has 98 valence electrons. The molecule has 1 aliphatic carbocycles. The summed E-state index contributed by atoms with van der Waals surface area (Å²) >= 11 is 0. The number of hydrogen-bond acceptors (Lipinski definition) is 2. The van der Waals surface area contributed by atoms with Crippen molar-refractivity contribution >= 4 is 5.69 Å². The third-order valence-corrected chi connectivity index (χ3v) is 4.61. The van der Waals surface area contributed by atoms with Crippen molar-refractivity contribution in [1.29, 1.82) is 0 Å². The SMILES string of the molecule is CN(CC1NCC2CCCC21)c1ccc(F)cc1. The molecule has 2 fully saturated rings. The predicted octanol–water partition coefficient (Wildman–Crippen LogP) is 2.65. The number of nitrogens with zero attached hydrogens (tertiary/aromatic N) is 1. The first kappa shape index (κ1) is 12.0. The molecule has 1 saturated carbocycles. The zero-order valence-corrected chi connectivity index (χ0v) is 10.9. The Morgan fingerprint density at radius 1 is 1.28 bits per heavy atom. The molecule has 3 rings (SSSR count). The average molecular weight is 248 g/mol.